The third kappa shape index (κ3) is 3.57. The molecule has 1 fully saturated rings. The normalized spacial score (nSPS) is 31.9. The molecule has 2 heterocycles. The molecular formula is C17H27NO7. The average Bonchev–Trinajstić information content (AvgIpc) is 2.99. The third-order valence-electron chi connectivity index (χ3n) is 5.23. The van der Waals surface area contributed by atoms with E-state index in [1.165, 1.54) is 13.8 Å². The van der Waals surface area contributed by atoms with Gasteiger partial charge in [-0.1, -0.05) is 13.8 Å². The topological polar surface area (TPSA) is 116 Å². The summed E-state index contributed by atoms with van der Waals surface area (Å²) in [5.74, 6) is -1.94. The maximum Gasteiger partial charge on any atom is 0.341 e. The first-order chi connectivity index (χ1) is 11.5. The molecule has 25 heavy (non-hydrogen) atoms. The van der Waals surface area contributed by atoms with Crippen LogP contribution in [0.4, 0.5) is 0 Å². The van der Waals surface area contributed by atoms with Gasteiger partial charge in [-0.05, 0) is 18.9 Å². The van der Waals surface area contributed by atoms with Gasteiger partial charge in [0.15, 0.2) is 17.7 Å². The van der Waals surface area contributed by atoms with Crippen LogP contribution in [0.2, 0.25) is 0 Å². The molecule has 142 valence electrons. The molecular weight excluding hydrogens is 330 g/mol. The van der Waals surface area contributed by atoms with E-state index in [2.05, 4.69) is 0 Å². The van der Waals surface area contributed by atoms with Crippen LogP contribution in [-0.4, -0.2) is 70.3 Å². The molecule has 2 N–H and O–H groups in total. The maximum absolute atomic E-state index is 12.8. The van der Waals surface area contributed by atoms with E-state index in [9.17, 15) is 25.0 Å². The molecule has 0 aliphatic carbocycles. The number of nitrogens with zero attached hydrogens (tertiary/aromatic N) is 1. The number of rotatable bonds is 6. The van der Waals surface area contributed by atoms with Crippen LogP contribution in [0.5, 0.6) is 0 Å². The highest BCUT2D eigenvalue weighted by Crippen LogP contribution is 2.38. The highest BCUT2D eigenvalue weighted by molar-refractivity contribution is 5.80. The average molecular weight is 357 g/mol. The summed E-state index contributed by atoms with van der Waals surface area (Å²) >= 11 is 0. The molecule has 0 aromatic heterocycles. The van der Waals surface area contributed by atoms with Gasteiger partial charge in [0.1, 0.15) is 6.61 Å². The van der Waals surface area contributed by atoms with Crippen molar-refractivity contribution in [1.29, 1.82) is 0 Å². The summed E-state index contributed by atoms with van der Waals surface area (Å²) in [6, 6.07) is -0.588. The summed E-state index contributed by atoms with van der Waals surface area (Å²) in [7, 11) is 0. The lowest BCUT2D eigenvalue weighted by Crippen LogP contribution is -2.53. The lowest BCUT2D eigenvalue weighted by atomic mass is 9.85. The standard InChI is InChI=1S/C17H27NO7/c1-10(2)17(22,11(3)19)16(21)24-9-13-5-7-18(23)8-6-14(15(13)18)25-12(4)20/h5,10-11,14-15,19,22H,6-9H2,1-4H3. The number of carbonyl (C=O) groups excluding carboxylic acids is 2. The Kier molecular flexibility index (Phi) is 5.58. The fourth-order valence-corrected chi connectivity index (χ4v) is 3.72. The SMILES string of the molecule is CC(=O)OC1CC[N+]2([O-])CC=C(COC(=O)C(O)(C(C)C)C(C)O)C12. The first kappa shape index (κ1) is 19.8. The van der Waals surface area contributed by atoms with Crippen molar-refractivity contribution in [1.82, 2.24) is 0 Å². The van der Waals surface area contributed by atoms with Crippen LogP contribution in [0, 0.1) is 11.1 Å². The zero-order chi connectivity index (χ0) is 19.0. The molecule has 5 unspecified atom stereocenters. The molecule has 8 nitrogen and oxygen atoms in total. The number of esters is 2. The molecule has 0 radical (unpaired) electrons. The van der Waals surface area contributed by atoms with Gasteiger partial charge in [0.25, 0.3) is 0 Å². The van der Waals surface area contributed by atoms with E-state index < -0.39 is 46.4 Å². The molecule has 0 amide bonds. The largest absolute Gasteiger partial charge is 0.632 e. The maximum atomic E-state index is 12.8. The fourth-order valence-electron chi connectivity index (χ4n) is 3.72. The zero-order valence-corrected chi connectivity index (χ0v) is 15.1. The molecule has 1 saturated heterocycles. The summed E-state index contributed by atoms with van der Waals surface area (Å²) in [5, 5.41) is 33.0. The van der Waals surface area contributed by atoms with E-state index in [0.717, 1.165) is 0 Å². The summed E-state index contributed by atoms with van der Waals surface area (Å²) in [4.78, 5) is 23.6. The summed E-state index contributed by atoms with van der Waals surface area (Å²) < 4.78 is 9.94. The van der Waals surface area contributed by atoms with Crippen molar-refractivity contribution >= 4 is 11.9 Å². The van der Waals surface area contributed by atoms with Crippen LogP contribution in [0.15, 0.2) is 11.6 Å². The van der Waals surface area contributed by atoms with E-state index in [-0.39, 0.29) is 13.2 Å². The van der Waals surface area contributed by atoms with Crippen LogP contribution >= 0.6 is 0 Å². The van der Waals surface area contributed by atoms with E-state index in [1.807, 2.05) is 0 Å². The number of fused-ring (bicyclic) bond motifs is 1. The minimum atomic E-state index is -2.02. The molecule has 5 atom stereocenters. The number of aliphatic hydroxyl groups excluding tert-OH is 1. The number of ether oxygens (including phenoxy) is 2. The summed E-state index contributed by atoms with van der Waals surface area (Å²) in [6.07, 6.45) is 0.329. The number of hydrogen-bond donors (Lipinski definition) is 2. The van der Waals surface area contributed by atoms with E-state index >= 15 is 0 Å². The quantitative estimate of drug-likeness (QED) is 0.303. The third-order valence-corrected chi connectivity index (χ3v) is 5.23. The lowest BCUT2D eigenvalue weighted by molar-refractivity contribution is -0.877. The van der Waals surface area contributed by atoms with Crippen molar-refractivity contribution in [2.75, 3.05) is 19.7 Å². The van der Waals surface area contributed by atoms with Gasteiger partial charge in [-0.25, -0.2) is 4.79 Å². The van der Waals surface area contributed by atoms with Crippen molar-refractivity contribution < 1.29 is 33.9 Å². The van der Waals surface area contributed by atoms with Gasteiger partial charge in [0.05, 0.1) is 19.2 Å². The first-order valence-electron chi connectivity index (χ1n) is 8.54. The Morgan fingerprint density at radius 1 is 1.44 bits per heavy atom. The molecule has 0 saturated carbocycles. The van der Waals surface area contributed by atoms with Gasteiger partial charge < -0.3 is 29.5 Å². The second-order valence-electron chi connectivity index (χ2n) is 7.25. The highest BCUT2D eigenvalue weighted by Gasteiger charge is 2.51. The molecule has 0 aromatic carbocycles. The zero-order valence-electron chi connectivity index (χ0n) is 15.1. The van der Waals surface area contributed by atoms with E-state index in [0.29, 0.717) is 18.5 Å². The van der Waals surface area contributed by atoms with Gasteiger partial charge in [0, 0.05) is 18.9 Å². The van der Waals surface area contributed by atoms with Crippen molar-refractivity contribution in [3.8, 4) is 0 Å². The smallest absolute Gasteiger partial charge is 0.341 e. The molecule has 0 aromatic rings. The molecule has 0 spiro atoms. The summed E-state index contributed by atoms with van der Waals surface area (Å²) in [5.41, 5.74) is -1.43. The van der Waals surface area contributed by atoms with Crippen LogP contribution in [0.3, 0.4) is 0 Å². The number of quaternary nitrogens is 1. The Labute approximate surface area is 147 Å². The Balaban J connectivity index is 2.08. The predicted octanol–water partition coefficient (Wildman–Crippen LogP) is 0.256. The number of hydroxylamine groups is 3. The first-order valence-corrected chi connectivity index (χ1v) is 8.54. The van der Waals surface area contributed by atoms with Gasteiger partial charge in [-0.2, -0.15) is 0 Å². The molecule has 2 rings (SSSR count). The number of aliphatic hydroxyl groups is 2. The monoisotopic (exact) mass is 357 g/mol. The lowest BCUT2D eigenvalue weighted by Gasteiger charge is -2.40. The van der Waals surface area contributed by atoms with Crippen LogP contribution in [0.1, 0.15) is 34.1 Å². The van der Waals surface area contributed by atoms with Crippen LogP contribution in [-0.2, 0) is 19.1 Å². The Morgan fingerprint density at radius 3 is 2.60 bits per heavy atom. The number of hydrogen-bond acceptors (Lipinski definition) is 7. The van der Waals surface area contributed by atoms with Gasteiger partial charge in [-0.15, -0.1) is 0 Å². The van der Waals surface area contributed by atoms with Gasteiger partial charge >= 0.3 is 11.9 Å². The highest BCUT2D eigenvalue weighted by atomic mass is 16.6. The second kappa shape index (κ2) is 7.03. The minimum Gasteiger partial charge on any atom is -0.632 e. The Hall–Kier alpha value is -1.48. The molecule has 8 heteroatoms. The van der Waals surface area contributed by atoms with Crippen molar-refractivity contribution in [2.45, 2.75) is 58.0 Å². The minimum absolute atomic E-state index is 0.175. The van der Waals surface area contributed by atoms with Crippen LogP contribution in [0.25, 0.3) is 0 Å². The Morgan fingerprint density at radius 2 is 2.08 bits per heavy atom. The van der Waals surface area contributed by atoms with Gasteiger partial charge in [-0.3, -0.25) is 4.79 Å². The molecule has 2 aliphatic heterocycles. The molecule has 0 bridgehead atoms. The Bertz CT molecular complexity index is 563. The fraction of sp³-hybridized carbons (Fsp3) is 0.765. The van der Waals surface area contributed by atoms with Crippen molar-refractivity contribution in [2.24, 2.45) is 5.92 Å². The molecule has 2 aliphatic rings. The number of carbonyl (C=O) groups is 2. The summed E-state index contributed by atoms with van der Waals surface area (Å²) in [6.45, 7) is 6.22. The predicted molar refractivity (Wildman–Crippen MR) is 87.8 cm³/mol. The van der Waals surface area contributed by atoms with E-state index in [4.69, 9.17) is 9.47 Å². The van der Waals surface area contributed by atoms with Gasteiger partial charge in [0.2, 0.25) is 0 Å². The van der Waals surface area contributed by atoms with E-state index in [1.54, 1.807) is 19.9 Å². The van der Waals surface area contributed by atoms with Crippen molar-refractivity contribution in [3.63, 3.8) is 0 Å². The second-order valence-corrected chi connectivity index (χ2v) is 7.25. The van der Waals surface area contributed by atoms with Crippen molar-refractivity contribution in [3.05, 3.63) is 16.9 Å². The van der Waals surface area contributed by atoms with Crippen LogP contribution < -0.4 is 0 Å².